The van der Waals surface area contributed by atoms with E-state index in [-0.39, 0.29) is 11.9 Å². The van der Waals surface area contributed by atoms with Crippen molar-refractivity contribution in [2.75, 3.05) is 11.9 Å². The lowest BCUT2D eigenvalue weighted by Crippen LogP contribution is -2.08. The van der Waals surface area contributed by atoms with E-state index in [1.165, 1.54) is 21.3 Å². The van der Waals surface area contributed by atoms with Crippen LogP contribution in [0.1, 0.15) is 25.5 Å². The summed E-state index contributed by atoms with van der Waals surface area (Å²) in [6, 6.07) is 13.0. The lowest BCUT2D eigenvalue weighted by atomic mass is 10.1. The number of hydrogen-bond donors (Lipinski definition) is 1. The summed E-state index contributed by atoms with van der Waals surface area (Å²) in [5.74, 6) is 0.255. The first kappa shape index (κ1) is 15.1. The second-order valence-electron chi connectivity index (χ2n) is 4.49. The molecule has 0 heterocycles. The third kappa shape index (κ3) is 3.85. The number of rotatable bonds is 5. The van der Waals surface area contributed by atoms with Crippen molar-refractivity contribution in [1.29, 1.82) is 0 Å². The van der Waals surface area contributed by atoms with Crippen LogP contribution in [-0.4, -0.2) is 6.61 Å². The Balaban J connectivity index is 2.18. The molecule has 0 saturated carbocycles. The highest BCUT2D eigenvalue weighted by Gasteiger charge is 2.10. The first-order valence-corrected chi connectivity index (χ1v) is 7.62. The van der Waals surface area contributed by atoms with E-state index in [1.54, 1.807) is 6.07 Å². The maximum absolute atomic E-state index is 13.3. The number of anilines is 1. The van der Waals surface area contributed by atoms with E-state index in [2.05, 4.69) is 59.1 Å². The van der Waals surface area contributed by atoms with Gasteiger partial charge in [-0.15, -0.1) is 0 Å². The van der Waals surface area contributed by atoms with Gasteiger partial charge in [0.1, 0.15) is 11.6 Å². The maximum atomic E-state index is 13.3. The Morgan fingerprint density at radius 2 is 1.90 bits per heavy atom. The van der Waals surface area contributed by atoms with Crippen LogP contribution in [-0.2, 0) is 0 Å². The van der Waals surface area contributed by atoms with E-state index >= 15 is 0 Å². The molecule has 0 bridgehead atoms. The molecule has 0 fully saturated rings. The molecule has 0 aliphatic carbocycles. The molecule has 106 valence electrons. The number of halogens is 2. The lowest BCUT2D eigenvalue weighted by Gasteiger charge is -2.18. The number of nitrogens with one attached hydrogen (secondary N) is 1. The molecule has 0 saturated heterocycles. The molecule has 1 atom stereocenters. The number of ether oxygens (including phenoxy) is 1. The molecule has 0 aliphatic heterocycles. The van der Waals surface area contributed by atoms with Gasteiger partial charge in [-0.05, 0) is 66.3 Å². The van der Waals surface area contributed by atoms with Gasteiger partial charge in [0.25, 0.3) is 0 Å². The van der Waals surface area contributed by atoms with Crippen LogP contribution in [0.25, 0.3) is 0 Å². The third-order valence-corrected chi connectivity index (χ3v) is 3.70. The van der Waals surface area contributed by atoms with E-state index in [4.69, 9.17) is 4.74 Å². The molecule has 20 heavy (non-hydrogen) atoms. The third-order valence-electron chi connectivity index (χ3n) is 2.99. The van der Waals surface area contributed by atoms with Gasteiger partial charge in [-0.25, -0.2) is 4.39 Å². The predicted octanol–water partition coefficient (Wildman–Crippen LogP) is 5.00. The fourth-order valence-corrected chi connectivity index (χ4v) is 2.32. The highest BCUT2D eigenvalue weighted by atomic mass is 127. The van der Waals surface area contributed by atoms with Crippen LogP contribution in [0.2, 0.25) is 0 Å². The molecular weight excluding hydrogens is 368 g/mol. The summed E-state index contributed by atoms with van der Waals surface area (Å²) < 4.78 is 19.9. The molecule has 1 unspecified atom stereocenters. The summed E-state index contributed by atoms with van der Waals surface area (Å²) in [5.41, 5.74) is 1.98. The molecule has 2 rings (SSSR count). The van der Waals surface area contributed by atoms with Gasteiger partial charge >= 0.3 is 0 Å². The Morgan fingerprint density at radius 1 is 1.20 bits per heavy atom. The smallest absolute Gasteiger partial charge is 0.145 e. The van der Waals surface area contributed by atoms with E-state index in [0.29, 0.717) is 12.4 Å². The van der Waals surface area contributed by atoms with Crippen LogP contribution in [0.15, 0.2) is 42.5 Å². The monoisotopic (exact) mass is 385 g/mol. The average Bonchev–Trinajstić information content (AvgIpc) is 2.43. The van der Waals surface area contributed by atoms with E-state index in [9.17, 15) is 4.39 Å². The quantitative estimate of drug-likeness (QED) is 0.732. The van der Waals surface area contributed by atoms with Crippen molar-refractivity contribution in [2.24, 2.45) is 0 Å². The zero-order valence-corrected chi connectivity index (χ0v) is 13.6. The van der Waals surface area contributed by atoms with Crippen molar-refractivity contribution in [3.8, 4) is 5.75 Å². The highest BCUT2D eigenvalue weighted by Crippen LogP contribution is 2.29. The number of benzene rings is 2. The van der Waals surface area contributed by atoms with Crippen LogP contribution in [0.4, 0.5) is 10.1 Å². The van der Waals surface area contributed by atoms with E-state index in [1.807, 2.05) is 6.92 Å². The molecule has 0 radical (unpaired) electrons. The predicted molar refractivity (Wildman–Crippen MR) is 88.8 cm³/mol. The minimum Gasteiger partial charge on any atom is -0.492 e. The standard InChI is InChI=1S/C16H17FINO/c1-3-20-16-10-13(17)6-9-15(16)19-11(2)12-4-7-14(18)8-5-12/h4-11,19H,3H2,1-2H3. The second kappa shape index (κ2) is 6.92. The first-order valence-electron chi connectivity index (χ1n) is 6.54. The molecule has 0 spiro atoms. The Bertz CT molecular complexity index is 571. The minimum atomic E-state index is -0.291. The van der Waals surface area contributed by atoms with Crippen LogP contribution >= 0.6 is 22.6 Å². The van der Waals surface area contributed by atoms with Crippen LogP contribution < -0.4 is 10.1 Å². The van der Waals surface area contributed by atoms with Crippen molar-refractivity contribution in [1.82, 2.24) is 0 Å². The van der Waals surface area contributed by atoms with Crippen molar-refractivity contribution >= 4 is 28.3 Å². The molecule has 0 aliphatic rings. The molecule has 4 heteroatoms. The van der Waals surface area contributed by atoms with Crippen LogP contribution in [0.5, 0.6) is 5.75 Å². The SMILES string of the molecule is CCOc1cc(F)ccc1NC(C)c1ccc(I)cc1. The van der Waals surface area contributed by atoms with Gasteiger partial charge in [0.15, 0.2) is 0 Å². The van der Waals surface area contributed by atoms with Crippen LogP contribution in [0, 0.1) is 9.39 Å². The fourth-order valence-electron chi connectivity index (χ4n) is 1.96. The average molecular weight is 385 g/mol. The summed E-state index contributed by atoms with van der Waals surface area (Å²) in [6.07, 6.45) is 0. The Morgan fingerprint density at radius 3 is 2.55 bits per heavy atom. The lowest BCUT2D eigenvalue weighted by molar-refractivity contribution is 0.339. The Kier molecular flexibility index (Phi) is 5.23. The molecule has 1 N–H and O–H groups in total. The Labute approximate surface area is 132 Å². The largest absolute Gasteiger partial charge is 0.492 e. The van der Waals surface area contributed by atoms with Gasteiger partial charge < -0.3 is 10.1 Å². The van der Waals surface area contributed by atoms with Gasteiger partial charge in [-0.3, -0.25) is 0 Å². The molecular formula is C16H17FINO. The normalized spacial score (nSPS) is 12.0. The number of hydrogen-bond acceptors (Lipinski definition) is 2. The molecule has 0 aromatic heterocycles. The zero-order valence-electron chi connectivity index (χ0n) is 11.5. The maximum Gasteiger partial charge on any atom is 0.145 e. The van der Waals surface area contributed by atoms with Crippen molar-refractivity contribution < 1.29 is 9.13 Å². The van der Waals surface area contributed by atoms with Gasteiger partial charge in [0.2, 0.25) is 0 Å². The van der Waals surface area contributed by atoms with Crippen molar-refractivity contribution in [3.05, 3.63) is 57.4 Å². The summed E-state index contributed by atoms with van der Waals surface area (Å²) >= 11 is 2.28. The van der Waals surface area contributed by atoms with Crippen molar-refractivity contribution in [2.45, 2.75) is 19.9 Å². The van der Waals surface area contributed by atoms with Gasteiger partial charge in [0.05, 0.1) is 12.3 Å². The van der Waals surface area contributed by atoms with Crippen LogP contribution in [0.3, 0.4) is 0 Å². The zero-order chi connectivity index (χ0) is 14.5. The summed E-state index contributed by atoms with van der Waals surface area (Å²) in [6.45, 7) is 4.47. The topological polar surface area (TPSA) is 21.3 Å². The van der Waals surface area contributed by atoms with Gasteiger partial charge in [0, 0.05) is 15.7 Å². The van der Waals surface area contributed by atoms with Crippen molar-refractivity contribution in [3.63, 3.8) is 0 Å². The summed E-state index contributed by atoms with van der Waals surface area (Å²) in [7, 11) is 0. The molecule has 2 aromatic rings. The van der Waals surface area contributed by atoms with E-state index in [0.717, 1.165) is 5.69 Å². The summed E-state index contributed by atoms with van der Waals surface area (Å²) in [5, 5.41) is 3.36. The van der Waals surface area contributed by atoms with Gasteiger partial charge in [-0.2, -0.15) is 0 Å². The van der Waals surface area contributed by atoms with Gasteiger partial charge in [-0.1, -0.05) is 12.1 Å². The fraction of sp³-hybridized carbons (Fsp3) is 0.250. The molecule has 2 aromatic carbocycles. The second-order valence-corrected chi connectivity index (χ2v) is 5.74. The Hall–Kier alpha value is -1.30. The molecule has 2 nitrogen and oxygen atoms in total. The highest BCUT2D eigenvalue weighted by molar-refractivity contribution is 14.1. The summed E-state index contributed by atoms with van der Waals surface area (Å²) in [4.78, 5) is 0. The minimum absolute atomic E-state index is 0.122. The first-order chi connectivity index (χ1) is 9.60. The molecule has 0 amide bonds. The van der Waals surface area contributed by atoms with E-state index < -0.39 is 0 Å².